The Morgan fingerprint density at radius 3 is 2.72 bits per heavy atom. The summed E-state index contributed by atoms with van der Waals surface area (Å²) in [6.45, 7) is 8.21. The van der Waals surface area contributed by atoms with Crippen molar-refractivity contribution in [2.75, 3.05) is 26.2 Å². The maximum Gasteiger partial charge on any atom is 0.209 e. The largest absolute Gasteiger partial charge is 0.344 e. The first-order chi connectivity index (χ1) is 14.0. The molecule has 1 amide bonds. The number of hydrogen-bond donors (Lipinski definition) is 0. The molecule has 0 unspecified atom stereocenters. The fourth-order valence-electron chi connectivity index (χ4n) is 3.87. The molecule has 2 aromatic heterocycles. The highest BCUT2D eigenvalue weighted by atomic mass is 32.1. The van der Waals surface area contributed by atoms with Crippen LogP contribution in [0.15, 0.2) is 36.5 Å². The van der Waals surface area contributed by atoms with Crippen molar-refractivity contribution in [3.8, 4) is 16.9 Å². The fourth-order valence-corrected chi connectivity index (χ4v) is 4.80. The zero-order valence-corrected chi connectivity index (χ0v) is 17.6. The molecule has 0 spiro atoms. The number of para-hydroxylation sites is 1. The van der Waals surface area contributed by atoms with Crippen molar-refractivity contribution in [3.05, 3.63) is 57.7 Å². The van der Waals surface area contributed by atoms with Gasteiger partial charge in [0.1, 0.15) is 11.5 Å². The normalized spacial score (nSPS) is 15.5. The van der Waals surface area contributed by atoms with Crippen molar-refractivity contribution in [2.45, 2.75) is 26.8 Å². The third-order valence-electron chi connectivity index (χ3n) is 5.35. The lowest BCUT2D eigenvalue weighted by Gasteiger charge is -2.19. The van der Waals surface area contributed by atoms with Gasteiger partial charge >= 0.3 is 0 Å². The monoisotopic (exact) mass is 412 g/mol. The number of carbonyl (C=O) groups is 1. The molecule has 5 nitrogen and oxygen atoms in total. The van der Waals surface area contributed by atoms with Crippen molar-refractivity contribution in [1.82, 2.24) is 19.6 Å². The third-order valence-corrected chi connectivity index (χ3v) is 6.32. The highest BCUT2D eigenvalue weighted by molar-refractivity contribution is 7.12. The highest BCUT2D eigenvalue weighted by Crippen LogP contribution is 2.33. The quantitative estimate of drug-likeness (QED) is 0.595. The van der Waals surface area contributed by atoms with E-state index in [9.17, 15) is 9.18 Å². The van der Waals surface area contributed by atoms with E-state index in [1.54, 1.807) is 28.2 Å². The summed E-state index contributed by atoms with van der Waals surface area (Å²) in [6.07, 6.45) is 3.83. The summed E-state index contributed by atoms with van der Waals surface area (Å²) >= 11 is 1.75. The lowest BCUT2D eigenvalue weighted by atomic mass is 10.1. The Bertz CT molecular complexity index is 1010. The van der Waals surface area contributed by atoms with E-state index in [0.29, 0.717) is 5.69 Å². The number of benzene rings is 1. The van der Waals surface area contributed by atoms with Gasteiger partial charge in [0.15, 0.2) is 0 Å². The number of thiophene rings is 1. The maximum atomic E-state index is 14.4. The van der Waals surface area contributed by atoms with E-state index in [1.165, 1.54) is 15.8 Å². The first-order valence-corrected chi connectivity index (χ1v) is 10.7. The van der Waals surface area contributed by atoms with Gasteiger partial charge in [-0.05, 0) is 38.5 Å². The second-order valence-electron chi connectivity index (χ2n) is 7.50. The topological polar surface area (TPSA) is 41.4 Å². The van der Waals surface area contributed by atoms with Gasteiger partial charge in [-0.15, -0.1) is 11.3 Å². The number of aryl methyl sites for hydroxylation is 2. The Balaban J connectivity index is 1.70. The Labute approximate surface area is 174 Å². The molecule has 0 saturated carbocycles. The summed E-state index contributed by atoms with van der Waals surface area (Å²) in [6, 6.07) is 8.87. The summed E-state index contributed by atoms with van der Waals surface area (Å²) in [5.41, 5.74) is 3.55. The number of amides is 1. The van der Waals surface area contributed by atoms with Crippen LogP contribution < -0.4 is 0 Å². The molecule has 0 N–H and O–H groups in total. The van der Waals surface area contributed by atoms with Crippen LogP contribution in [0, 0.1) is 19.7 Å². The van der Waals surface area contributed by atoms with Crippen molar-refractivity contribution >= 4 is 17.7 Å². The smallest absolute Gasteiger partial charge is 0.209 e. The average molecular weight is 413 g/mol. The van der Waals surface area contributed by atoms with Gasteiger partial charge in [-0.3, -0.25) is 9.69 Å². The van der Waals surface area contributed by atoms with E-state index in [1.807, 2.05) is 17.2 Å². The van der Waals surface area contributed by atoms with Crippen LogP contribution in [0.1, 0.15) is 21.7 Å². The lowest BCUT2D eigenvalue weighted by Crippen LogP contribution is -2.29. The Morgan fingerprint density at radius 1 is 1.17 bits per heavy atom. The number of nitrogens with zero attached hydrogens (tertiary/aromatic N) is 4. The molecule has 0 radical (unpaired) electrons. The molecule has 0 atom stereocenters. The molecule has 1 aliphatic heterocycles. The van der Waals surface area contributed by atoms with Crippen LogP contribution in [0.25, 0.3) is 16.9 Å². The van der Waals surface area contributed by atoms with Crippen LogP contribution in [0.3, 0.4) is 0 Å². The molecule has 0 aliphatic carbocycles. The van der Waals surface area contributed by atoms with Crippen LogP contribution >= 0.6 is 11.3 Å². The van der Waals surface area contributed by atoms with E-state index in [4.69, 9.17) is 5.10 Å². The molecule has 4 rings (SSSR count). The summed E-state index contributed by atoms with van der Waals surface area (Å²) in [5.74, 6) is -0.289. The van der Waals surface area contributed by atoms with Crippen molar-refractivity contribution < 1.29 is 9.18 Å². The highest BCUT2D eigenvalue weighted by Gasteiger charge is 2.20. The van der Waals surface area contributed by atoms with Gasteiger partial charge in [0, 0.05) is 59.8 Å². The lowest BCUT2D eigenvalue weighted by molar-refractivity contribution is -0.118. The minimum Gasteiger partial charge on any atom is -0.344 e. The first kappa shape index (κ1) is 19.8. The number of hydrogen-bond acceptors (Lipinski definition) is 4. The van der Waals surface area contributed by atoms with Gasteiger partial charge < -0.3 is 4.90 Å². The number of rotatable bonds is 5. The van der Waals surface area contributed by atoms with Crippen LogP contribution in [0.5, 0.6) is 0 Å². The third kappa shape index (κ3) is 4.26. The van der Waals surface area contributed by atoms with Gasteiger partial charge in [-0.25, -0.2) is 9.07 Å². The van der Waals surface area contributed by atoms with Gasteiger partial charge in [-0.2, -0.15) is 5.10 Å². The molecule has 7 heteroatoms. The van der Waals surface area contributed by atoms with E-state index in [0.717, 1.165) is 62.4 Å². The van der Waals surface area contributed by atoms with Gasteiger partial charge in [0.05, 0.1) is 5.69 Å². The Hall–Kier alpha value is -2.51. The van der Waals surface area contributed by atoms with Crippen LogP contribution in [0.2, 0.25) is 0 Å². The first-order valence-electron chi connectivity index (χ1n) is 9.87. The zero-order chi connectivity index (χ0) is 20.4. The standard InChI is InChI=1S/C22H25FN4OS/c1-16-12-19(17(2)29-16)22-18(13-25-8-5-9-26(15-28)11-10-25)14-27(24-22)21-7-4-3-6-20(21)23/h3-4,6-7,12,14-15H,5,8-11,13H2,1-2H3. The summed E-state index contributed by atoms with van der Waals surface area (Å²) in [7, 11) is 0. The number of halogens is 1. The zero-order valence-electron chi connectivity index (χ0n) is 16.8. The maximum absolute atomic E-state index is 14.4. The number of carbonyl (C=O) groups excluding carboxylic acids is 1. The Kier molecular flexibility index (Phi) is 5.78. The molecular formula is C22H25FN4OS. The molecule has 1 aromatic carbocycles. The van der Waals surface area contributed by atoms with Crippen LogP contribution in [-0.4, -0.2) is 52.2 Å². The van der Waals surface area contributed by atoms with Crippen molar-refractivity contribution in [3.63, 3.8) is 0 Å². The van der Waals surface area contributed by atoms with Crippen molar-refractivity contribution in [2.24, 2.45) is 0 Å². The minimum atomic E-state index is -0.289. The SMILES string of the molecule is Cc1cc(-c2nn(-c3ccccc3F)cc2CN2CCCN(C=O)CC2)c(C)s1. The van der Waals surface area contributed by atoms with E-state index in [-0.39, 0.29) is 5.82 Å². The molecule has 3 aromatic rings. The van der Waals surface area contributed by atoms with E-state index in [2.05, 4.69) is 24.8 Å². The molecular weight excluding hydrogens is 387 g/mol. The molecule has 1 fully saturated rings. The summed E-state index contributed by atoms with van der Waals surface area (Å²) < 4.78 is 16.0. The summed E-state index contributed by atoms with van der Waals surface area (Å²) in [5, 5.41) is 4.80. The molecule has 152 valence electrons. The minimum absolute atomic E-state index is 0.289. The van der Waals surface area contributed by atoms with Crippen molar-refractivity contribution in [1.29, 1.82) is 0 Å². The average Bonchev–Trinajstić information content (AvgIpc) is 3.17. The van der Waals surface area contributed by atoms with Crippen LogP contribution in [-0.2, 0) is 11.3 Å². The predicted molar refractivity (Wildman–Crippen MR) is 114 cm³/mol. The number of aromatic nitrogens is 2. The molecule has 3 heterocycles. The molecule has 1 saturated heterocycles. The second-order valence-corrected chi connectivity index (χ2v) is 8.96. The van der Waals surface area contributed by atoms with E-state index < -0.39 is 0 Å². The fraction of sp³-hybridized carbons (Fsp3) is 0.364. The van der Waals surface area contributed by atoms with Gasteiger partial charge in [0.2, 0.25) is 6.41 Å². The summed E-state index contributed by atoms with van der Waals surface area (Å²) in [4.78, 5) is 17.7. The van der Waals surface area contributed by atoms with Crippen LogP contribution in [0.4, 0.5) is 4.39 Å². The van der Waals surface area contributed by atoms with E-state index >= 15 is 0 Å². The predicted octanol–water partition coefficient (Wildman–Crippen LogP) is 4.02. The molecule has 1 aliphatic rings. The van der Waals surface area contributed by atoms with Gasteiger partial charge in [-0.1, -0.05) is 12.1 Å². The molecule has 0 bridgehead atoms. The second kappa shape index (κ2) is 8.47. The Morgan fingerprint density at radius 2 is 2.00 bits per heavy atom. The molecule has 29 heavy (non-hydrogen) atoms. The van der Waals surface area contributed by atoms with Gasteiger partial charge in [0.25, 0.3) is 0 Å².